The van der Waals surface area contributed by atoms with Gasteiger partial charge >= 0.3 is 0 Å². The van der Waals surface area contributed by atoms with Gasteiger partial charge in [0, 0.05) is 19.2 Å². The van der Waals surface area contributed by atoms with Crippen LogP contribution in [-0.4, -0.2) is 57.5 Å². The number of hydrogen-bond acceptors (Lipinski definition) is 6. The Hall–Kier alpha value is -4.12. The van der Waals surface area contributed by atoms with E-state index < -0.39 is 34.3 Å². The predicted octanol–water partition coefficient (Wildman–Crippen LogP) is 4.82. The molecule has 11 heteroatoms. The first kappa shape index (κ1) is 31.8. The van der Waals surface area contributed by atoms with Crippen LogP contribution in [0.4, 0.5) is 10.1 Å². The molecule has 0 spiro atoms. The fourth-order valence-electron chi connectivity index (χ4n) is 4.84. The fraction of sp³-hybridized carbons (Fsp3) is 0.375. The van der Waals surface area contributed by atoms with Crippen molar-refractivity contribution in [2.24, 2.45) is 0 Å². The van der Waals surface area contributed by atoms with Gasteiger partial charge in [0.2, 0.25) is 11.8 Å². The van der Waals surface area contributed by atoms with Gasteiger partial charge in [0.05, 0.1) is 10.6 Å². The first-order chi connectivity index (χ1) is 20.6. The van der Waals surface area contributed by atoms with Crippen LogP contribution in [0.2, 0.25) is 0 Å². The van der Waals surface area contributed by atoms with Gasteiger partial charge in [-0.1, -0.05) is 44.5 Å². The Morgan fingerprint density at radius 1 is 0.977 bits per heavy atom. The number of benzene rings is 3. The number of carbonyl (C=O) groups excluding carboxylic acids is 2. The highest BCUT2D eigenvalue weighted by Crippen LogP contribution is 2.34. The van der Waals surface area contributed by atoms with E-state index in [1.165, 1.54) is 35.2 Å². The van der Waals surface area contributed by atoms with E-state index in [9.17, 15) is 22.4 Å². The van der Waals surface area contributed by atoms with Gasteiger partial charge in [-0.15, -0.1) is 0 Å². The Bertz CT molecular complexity index is 1530. The zero-order valence-electron chi connectivity index (χ0n) is 24.7. The first-order valence-electron chi connectivity index (χ1n) is 14.4. The number of rotatable bonds is 13. The van der Waals surface area contributed by atoms with Crippen molar-refractivity contribution in [1.82, 2.24) is 10.2 Å². The number of sulfonamides is 1. The zero-order chi connectivity index (χ0) is 31.0. The summed E-state index contributed by atoms with van der Waals surface area (Å²) in [7, 11) is -4.35. The van der Waals surface area contributed by atoms with Crippen LogP contribution < -0.4 is 19.1 Å². The minimum Gasteiger partial charge on any atom is -0.486 e. The molecule has 0 fully saturated rings. The largest absolute Gasteiger partial charge is 0.486 e. The summed E-state index contributed by atoms with van der Waals surface area (Å²) in [5, 5.41) is 2.91. The van der Waals surface area contributed by atoms with Gasteiger partial charge in [-0.2, -0.15) is 0 Å². The fourth-order valence-corrected chi connectivity index (χ4v) is 6.27. The van der Waals surface area contributed by atoms with E-state index in [0.29, 0.717) is 25.3 Å². The number of unbranched alkanes of at least 4 members (excludes halogenated alkanes) is 1. The van der Waals surface area contributed by atoms with Crippen molar-refractivity contribution in [2.45, 2.75) is 57.5 Å². The summed E-state index contributed by atoms with van der Waals surface area (Å²) in [5.41, 5.74) is 1.86. The Kier molecular flexibility index (Phi) is 10.6. The zero-order valence-corrected chi connectivity index (χ0v) is 25.5. The third-order valence-corrected chi connectivity index (χ3v) is 9.08. The maximum Gasteiger partial charge on any atom is 0.264 e. The first-order valence-corrected chi connectivity index (χ1v) is 15.9. The highest BCUT2D eigenvalue weighted by molar-refractivity contribution is 7.92. The smallest absolute Gasteiger partial charge is 0.264 e. The standard InChI is InChI=1S/C32H38FN3O6S/c1-4-6-17-34-32(38)28(5-2)35(21-24-10-8-7-9-23(24)3)31(37)22-36(26-13-11-25(33)12-14-26)43(39,40)27-15-16-29-30(20-27)42-19-18-41-29/h7-16,20,28H,4-6,17-19,21-22H2,1-3H3,(H,34,38)/t28-/m1/s1. The van der Waals surface area contributed by atoms with Gasteiger partial charge in [-0.3, -0.25) is 13.9 Å². The lowest BCUT2D eigenvalue weighted by atomic mass is 10.1. The van der Waals surface area contributed by atoms with Gasteiger partial charge in [-0.25, -0.2) is 12.8 Å². The third kappa shape index (κ3) is 7.64. The number of fused-ring (bicyclic) bond motifs is 1. The molecule has 230 valence electrons. The molecule has 1 atom stereocenters. The van der Waals surface area contributed by atoms with Crippen molar-refractivity contribution in [3.63, 3.8) is 0 Å². The number of hydrogen-bond donors (Lipinski definition) is 1. The van der Waals surface area contributed by atoms with Gasteiger partial charge in [0.1, 0.15) is 31.6 Å². The van der Waals surface area contributed by atoms with Crippen LogP contribution >= 0.6 is 0 Å². The van der Waals surface area contributed by atoms with Crippen LogP contribution in [0, 0.1) is 12.7 Å². The average Bonchev–Trinajstić information content (AvgIpc) is 3.01. The molecule has 0 saturated carbocycles. The molecule has 1 N–H and O–H groups in total. The molecule has 2 amide bonds. The minimum atomic E-state index is -4.35. The highest BCUT2D eigenvalue weighted by Gasteiger charge is 2.34. The molecule has 0 saturated heterocycles. The van der Waals surface area contributed by atoms with Crippen molar-refractivity contribution >= 4 is 27.5 Å². The molecule has 1 heterocycles. The molecular weight excluding hydrogens is 573 g/mol. The van der Waals surface area contributed by atoms with Crippen LogP contribution in [0.3, 0.4) is 0 Å². The molecule has 43 heavy (non-hydrogen) atoms. The molecule has 0 unspecified atom stereocenters. The molecule has 0 radical (unpaired) electrons. The predicted molar refractivity (Wildman–Crippen MR) is 162 cm³/mol. The molecule has 0 bridgehead atoms. The van der Waals surface area contributed by atoms with Crippen LogP contribution in [0.15, 0.2) is 71.6 Å². The monoisotopic (exact) mass is 611 g/mol. The van der Waals surface area contributed by atoms with Crippen LogP contribution in [0.25, 0.3) is 0 Å². The normalized spacial score (nSPS) is 13.2. The molecule has 3 aromatic rings. The summed E-state index contributed by atoms with van der Waals surface area (Å²) >= 11 is 0. The van der Waals surface area contributed by atoms with E-state index in [2.05, 4.69) is 5.32 Å². The van der Waals surface area contributed by atoms with E-state index in [0.717, 1.165) is 40.4 Å². The lowest BCUT2D eigenvalue weighted by Crippen LogP contribution is -2.52. The van der Waals surface area contributed by atoms with E-state index in [1.807, 2.05) is 45.0 Å². The summed E-state index contributed by atoms with van der Waals surface area (Å²) in [6.45, 7) is 6.31. The van der Waals surface area contributed by atoms with Gasteiger partial charge < -0.3 is 19.7 Å². The van der Waals surface area contributed by atoms with Gasteiger partial charge in [-0.05, 0) is 67.3 Å². The van der Waals surface area contributed by atoms with E-state index in [1.54, 1.807) is 0 Å². The molecule has 0 aliphatic carbocycles. The van der Waals surface area contributed by atoms with Crippen molar-refractivity contribution in [2.75, 3.05) is 30.6 Å². The number of amides is 2. The highest BCUT2D eigenvalue weighted by atomic mass is 32.2. The van der Waals surface area contributed by atoms with Crippen molar-refractivity contribution < 1.29 is 31.9 Å². The van der Waals surface area contributed by atoms with E-state index >= 15 is 0 Å². The van der Waals surface area contributed by atoms with Gasteiger partial charge in [0.25, 0.3) is 10.0 Å². The summed E-state index contributed by atoms with van der Waals surface area (Å²) in [6.07, 6.45) is 2.01. The number of anilines is 1. The lowest BCUT2D eigenvalue weighted by Gasteiger charge is -2.33. The number of halogens is 1. The molecule has 1 aliphatic heterocycles. The molecule has 1 aliphatic rings. The van der Waals surface area contributed by atoms with Crippen molar-refractivity contribution in [3.8, 4) is 11.5 Å². The Labute approximate surface area is 252 Å². The average molecular weight is 612 g/mol. The summed E-state index contributed by atoms with van der Waals surface area (Å²) in [6, 6.07) is 15.8. The maximum absolute atomic E-state index is 14.2. The maximum atomic E-state index is 14.2. The third-order valence-electron chi connectivity index (χ3n) is 7.31. The number of aryl methyl sites for hydroxylation is 1. The summed E-state index contributed by atoms with van der Waals surface area (Å²) in [4.78, 5) is 28.8. The van der Waals surface area contributed by atoms with E-state index in [-0.39, 0.29) is 35.4 Å². The molecule has 3 aromatic carbocycles. The number of nitrogens with one attached hydrogen (secondary N) is 1. The summed E-state index contributed by atoms with van der Waals surface area (Å²) < 4.78 is 54.2. The summed E-state index contributed by atoms with van der Waals surface area (Å²) in [5.74, 6) is -0.748. The molecule has 9 nitrogen and oxygen atoms in total. The molecular formula is C32H38FN3O6S. The molecule has 4 rings (SSSR count). The Morgan fingerprint density at radius 2 is 1.67 bits per heavy atom. The second-order valence-corrected chi connectivity index (χ2v) is 12.2. The van der Waals surface area contributed by atoms with Crippen LogP contribution in [-0.2, 0) is 26.2 Å². The van der Waals surface area contributed by atoms with Crippen molar-refractivity contribution in [1.29, 1.82) is 0 Å². The van der Waals surface area contributed by atoms with Crippen LogP contribution in [0.1, 0.15) is 44.2 Å². The molecule has 0 aromatic heterocycles. The number of ether oxygens (including phenoxy) is 2. The lowest BCUT2D eigenvalue weighted by molar-refractivity contribution is -0.140. The minimum absolute atomic E-state index is 0.0981. The SMILES string of the molecule is CCCCNC(=O)[C@@H](CC)N(Cc1ccccc1C)C(=O)CN(c1ccc(F)cc1)S(=O)(=O)c1ccc2c(c1)OCCO2. The topological polar surface area (TPSA) is 105 Å². The number of nitrogens with zero attached hydrogens (tertiary/aromatic N) is 2. The Balaban J connectivity index is 1.73. The quantitative estimate of drug-likeness (QED) is 0.278. The van der Waals surface area contributed by atoms with E-state index in [4.69, 9.17) is 9.47 Å². The van der Waals surface area contributed by atoms with Crippen LogP contribution in [0.5, 0.6) is 11.5 Å². The second kappa shape index (κ2) is 14.4. The number of carbonyl (C=O) groups is 2. The van der Waals surface area contributed by atoms with Crippen molar-refractivity contribution in [3.05, 3.63) is 83.7 Å². The second-order valence-electron chi connectivity index (χ2n) is 10.3. The van der Waals surface area contributed by atoms with Gasteiger partial charge in [0.15, 0.2) is 11.5 Å². The Morgan fingerprint density at radius 3 is 2.35 bits per heavy atom.